The van der Waals surface area contributed by atoms with E-state index in [4.69, 9.17) is 4.74 Å². The van der Waals surface area contributed by atoms with Gasteiger partial charge >= 0.3 is 0 Å². The number of pyridine rings is 1. The molecule has 0 aliphatic rings. The van der Waals surface area contributed by atoms with E-state index in [2.05, 4.69) is 39.3 Å². The number of rotatable bonds is 7. The van der Waals surface area contributed by atoms with Crippen molar-refractivity contribution in [3.8, 4) is 17.3 Å². The molecule has 3 aromatic rings. The number of nitrogens with one attached hydrogen (secondary N) is 2. The van der Waals surface area contributed by atoms with E-state index in [9.17, 15) is 4.79 Å². The van der Waals surface area contributed by atoms with Gasteiger partial charge in [-0.1, -0.05) is 19.9 Å². The molecule has 7 nitrogen and oxygen atoms in total. The maximum absolute atomic E-state index is 12.3. The Kier molecular flexibility index (Phi) is 5.58. The van der Waals surface area contributed by atoms with Crippen molar-refractivity contribution >= 4 is 11.9 Å². The van der Waals surface area contributed by atoms with Gasteiger partial charge < -0.3 is 4.74 Å². The molecule has 0 atom stereocenters. The molecule has 3 rings (SSSR count). The molecule has 1 amide bonds. The Hall–Kier alpha value is -3.22. The fourth-order valence-electron chi connectivity index (χ4n) is 2.22. The van der Waals surface area contributed by atoms with E-state index < -0.39 is 0 Å². The maximum Gasteiger partial charge on any atom is 0.258 e. The molecule has 0 aliphatic heterocycles. The standard InChI is InChI=1S/C19H21N5O2/c1-13(2)10-12-26-15-8-6-14(7-9-15)18(25)22-19-21-17(23-24-19)16-5-3-4-11-20-16/h3-9,11,13H,10,12H2,1-2H3,(H2,21,22,23,24,25). The summed E-state index contributed by atoms with van der Waals surface area (Å²) in [6.45, 7) is 4.97. The van der Waals surface area contributed by atoms with Gasteiger partial charge in [0.25, 0.3) is 5.91 Å². The molecule has 0 fully saturated rings. The van der Waals surface area contributed by atoms with Crippen LogP contribution in [0.3, 0.4) is 0 Å². The summed E-state index contributed by atoms with van der Waals surface area (Å²) in [6, 6.07) is 12.5. The molecule has 2 aromatic heterocycles. The van der Waals surface area contributed by atoms with Gasteiger partial charge in [-0.15, -0.1) is 5.10 Å². The van der Waals surface area contributed by atoms with E-state index in [-0.39, 0.29) is 11.9 Å². The number of ether oxygens (including phenoxy) is 1. The summed E-state index contributed by atoms with van der Waals surface area (Å²) >= 11 is 0. The van der Waals surface area contributed by atoms with Crippen molar-refractivity contribution in [2.45, 2.75) is 20.3 Å². The van der Waals surface area contributed by atoms with Gasteiger partial charge in [0.15, 0.2) is 5.82 Å². The van der Waals surface area contributed by atoms with Crippen LogP contribution in [0.25, 0.3) is 11.5 Å². The number of hydrogen-bond acceptors (Lipinski definition) is 5. The number of hydrogen-bond donors (Lipinski definition) is 2. The van der Waals surface area contributed by atoms with E-state index >= 15 is 0 Å². The number of carbonyl (C=O) groups excluding carboxylic acids is 1. The van der Waals surface area contributed by atoms with Gasteiger partial charge in [0.2, 0.25) is 5.95 Å². The van der Waals surface area contributed by atoms with Gasteiger partial charge in [-0.25, -0.2) is 0 Å². The number of carbonyl (C=O) groups is 1. The Balaban J connectivity index is 1.59. The van der Waals surface area contributed by atoms with Crippen LogP contribution in [-0.4, -0.2) is 32.7 Å². The van der Waals surface area contributed by atoms with Crippen molar-refractivity contribution in [3.05, 3.63) is 54.2 Å². The SMILES string of the molecule is CC(C)CCOc1ccc(C(=O)Nc2n[nH]c(-c3ccccn3)n2)cc1. The largest absolute Gasteiger partial charge is 0.494 e. The van der Waals surface area contributed by atoms with Crippen LogP contribution in [0, 0.1) is 5.92 Å². The summed E-state index contributed by atoms with van der Waals surface area (Å²) in [5.74, 6) is 1.75. The Morgan fingerprint density at radius 2 is 2.00 bits per heavy atom. The van der Waals surface area contributed by atoms with Crippen LogP contribution in [0.1, 0.15) is 30.6 Å². The van der Waals surface area contributed by atoms with Crippen LogP contribution >= 0.6 is 0 Å². The first-order valence-corrected chi connectivity index (χ1v) is 8.50. The minimum Gasteiger partial charge on any atom is -0.494 e. The van der Waals surface area contributed by atoms with Crippen molar-refractivity contribution in [2.75, 3.05) is 11.9 Å². The molecular formula is C19H21N5O2. The van der Waals surface area contributed by atoms with Crippen LogP contribution in [0.2, 0.25) is 0 Å². The molecule has 0 bridgehead atoms. The van der Waals surface area contributed by atoms with Crippen molar-refractivity contribution < 1.29 is 9.53 Å². The predicted octanol–water partition coefficient (Wildman–Crippen LogP) is 3.54. The smallest absolute Gasteiger partial charge is 0.258 e. The monoisotopic (exact) mass is 351 g/mol. The van der Waals surface area contributed by atoms with Crippen molar-refractivity contribution in [1.82, 2.24) is 20.2 Å². The quantitative estimate of drug-likeness (QED) is 0.679. The second-order valence-electron chi connectivity index (χ2n) is 6.23. The molecule has 0 saturated heterocycles. The zero-order valence-corrected chi connectivity index (χ0v) is 14.8. The highest BCUT2D eigenvalue weighted by molar-refractivity contribution is 6.03. The second-order valence-corrected chi connectivity index (χ2v) is 6.23. The summed E-state index contributed by atoms with van der Waals surface area (Å²) in [4.78, 5) is 20.7. The molecule has 134 valence electrons. The molecular weight excluding hydrogens is 330 g/mol. The molecule has 7 heteroatoms. The molecule has 1 aromatic carbocycles. The fourth-order valence-corrected chi connectivity index (χ4v) is 2.22. The number of H-pyrrole nitrogens is 1. The van der Waals surface area contributed by atoms with Gasteiger partial charge in [-0.2, -0.15) is 4.98 Å². The lowest BCUT2D eigenvalue weighted by Crippen LogP contribution is -2.13. The lowest BCUT2D eigenvalue weighted by molar-refractivity contribution is 0.102. The number of benzene rings is 1. The zero-order valence-electron chi connectivity index (χ0n) is 14.8. The molecule has 0 spiro atoms. The number of aromatic amines is 1. The van der Waals surface area contributed by atoms with Crippen LogP contribution in [0.5, 0.6) is 5.75 Å². The third-order valence-corrected chi connectivity index (χ3v) is 3.70. The van der Waals surface area contributed by atoms with Gasteiger partial charge in [0, 0.05) is 11.8 Å². The lowest BCUT2D eigenvalue weighted by Gasteiger charge is -2.08. The molecule has 0 radical (unpaired) electrons. The average Bonchev–Trinajstić information content (AvgIpc) is 3.11. The Bertz CT molecular complexity index is 844. The van der Waals surface area contributed by atoms with E-state index in [0.717, 1.165) is 12.2 Å². The van der Waals surface area contributed by atoms with Gasteiger partial charge in [0.1, 0.15) is 11.4 Å². The molecule has 0 aliphatic carbocycles. The predicted molar refractivity (Wildman–Crippen MR) is 99.0 cm³/mol. The minimum atomic E-state index is -0.287. The first-order chi connectivity index (χ1) is 12.6. The van der Waals surface area contributed by atoms with Crippen LogP contribution in [-0.2, 0) is 0 Å². The molecule has 26 heavy (non-hydrogen) atoms. The summed E-state index contributed by atoms with van der Waals surface area (Å²) in [5, 5.41) is 9.43. The maximum atomic E-state index is 12.3. The lowest BCUT2D eigenvalue weighted by atomic mass is 10.1. The number of aromatic nitrogens is 4. The number of amides is 1. The van der Waals surface area contributed by atoms with Gasteiger partial charge in [-0.05, 0) is 48.7 Å². The van der Waals surface area contributed by atoms with E-state index in [1.807, 2.05) is 18.2 Å². The van der Waals surface area contributed by atoms with E-state index in [1.165, 1.54) is 0 Å². The van der Waals surface area contributed by atoms with Crippen LogP contribution in [0.15, 0.2) is 48.7 Å². The third-order valence-electron chi connectivity index (χ3n) is 3.70. The molecule has 0 saturated carbocycles. The van der Waals surface area contributed by atoms with E-state index in [1.54, 1.807) is 30.5 Å². The summed E-state index contributed by atoms with van der Waals surface area (Å²) in [6.07, 6.45) is 2.66. The van der Waals surface area contributed by atoms with Crippen molar-refractivity contribution in [1.29, 1.82) is 0 Å². The summed E-state index contributed by atoms with van der Waals surface area (Å²) in [7, 11) is 0. The Morgan fingerprint density at radius 1 is 1.19 bits per heavy atom. The molecule has 0 unspecified atom stereocenters. The Morgan fingerprint density at radius 3 is 2.69 bits per heavy atom. The minimum absolute atomic E-state index is 0.202. The number of anilines is 1. The highest BCUT2D eigenvalue weighted by Gasteiger charge is 2.11. The highest BCUT2D eigenvalue weighted by Crippen LogP contribution is 2.15. The van der Waals surface area contributed by atoms with Gasteiger partial charge in [-0.3, -0.25) is 20.2 Å². The van der Waals surface area contributed by atoms with Crippen LogP contribution < -0.4 is 10.1 Å². The topological polar surface area (TPSA) is 92.8 Å². The molecule has 2 N–H and O–H groups in total. The fraction of sp³-hybridized carbons (Fsp3) is 0.263. The normalized spacial score (nSPS) is 10.7. The van der Waals surface area contributed by atoms with Crippen molar-refractivity contribution in [2.24, 2.45) is 5.92 Å². The first-order valence-electron chi connectivity index (χ1n) is 8.50. The average molecular weight is 351 g/mol. The van der Waals surface area contributed by atoms with E-state index in [0.29, 0.717) is 29.6 Å². The second kappa shape index (κ2) is 8.24. The van der Waals surface area contributed by atoms with Crippen LogP contribution in [0.4, 0.5) is 5.95 Å². The zero-order chi connectivity index (χ0) is 18.4. The summed E-state index contributed by atoms with van der Waals surface area (Å²) < 4.78 is 5.65. The molecule has 2 heterocycles. The Labute approximate surface area is 151 Å². The highest BCUT2D eigenvalue weighted by atomic mass is 16.5. The van der Waals surface area contributed by atoms with Crippen molar-refractivity contribution in [3.63, 3.8) is 0 Å². The third kappa shape index (κ3) is 4.66. The number of nitrogens with zero attached hydrogens (tertiary/aromatic N) is 3. The van der Waals surface area contributed by atoms with Gasteiger partial charge in [0.05, 0.1) is 6.61 Å². The summed E-state index contributed by atoms with van der Waals surface area (Å²) in [5.41, 5.74) is 1.16. The first kappa shape index (κ1) is 17.6.